The Balaban J connectivity index is 2.10. The van der Waals surface area contributed by atoms with Crippen molar-refractivity contribution in [2.75, 3.05) is 0 Å². The number of fused-ring (bicyclic) bond motifs is 1. The average molecular weight is 269 g/mol. The lowest BCUT2D eigenvalue weighted by Gasteiger charge is -2.24. The predicted molar refractivity (Wildman–Crippen MR) is 78.6 cm³/mol. The average Bonchev–Trinajstić information content (AvgIpc) is 3.04. The molecule has 0 amide bonds. The summed E-state index contributed by atoms with van der Waals surface area (Å²) in [5.41, 5.74) is 2.03. The van der Waals surface area contributed by atoms with E-state index in [1.807, 2.05) is 29.2 Å². The molecule has 20 heavy (non-hydrogen) atoms. The second-order valence-electron chi connectivity index (χ2n) is 6.02. The van der Waals surface area contributed by atoms with E-state index in [1.54, 1.807) is 6.33 Å². The second-order valence-corrected chi connectivity index (χ2v) is 6.02. The number of hydrogen-bond acceptors (Lipinski definition) is 3. The summed E-state index contributed by atoms with van der Waals surface area (Å²) < 4.78 is 4.12. The van der Waals surface area contributed by atoms with Gasteiger partial charge in [-0.2, -0.15) is 5.10 Å². The highest BCUT2D eigenvalue weighted by Crippen LogP contribution is 2.24. The summed E-state index contributed by atoms with van der Waals surface area (Å²) in [4.78, 5) is 8.90. The van der Waals surface area contributed by atoms with E-state index in [2.05, 4.69) is 53.4 Å². The van der Waals surface area contributed by atoms with Crippen molar-refractivity contribution in [3.63, 3.8) is 0 Å². The minimum absolute atomic E-state index is 0.0868. The Kier molecular flexibility index (Phi) is 2.85. The fourth-order valence-electron chi connectivity index (χ4n) is 2.46. The van der Waals surface area contributed by atoms with Gasteiger partial charge in [0.25, 0.3) is 0 Å². The molecule has 0 spiro atoms. The molecule has 0 radical (unpaired) electrons. The summed E-state index contributed by atoms with van der Waals surface area (Å²) in [6.45, 7) is 8.51. The monoisotopic (exact) mass is 269 g/mol. The number of para-hydroxylation sites is 2. The molecule has 3 aromatic rings. The van der Waals surface area contributed by atoms with Gasteiger partial charge in [-0.3, -0.25) is 0 Å². The molecule has 5 heteroatoms. The molecule has 0 bridgehead atoms. The molecule has 1 unspecified atom stereocenters. The van der Waals surface area contributed by atoms with Crippen molar-refractivity contribution in [2.24, 2.45) is 0 Å². The van der Waals surface area contributed by atoms with Crippen LogP contribution in [0.25, 0.3) is 11.0 Å². The lowest BCUT2D eigenvalue weighted by molar-refractivity contribution is 0.330. The van der Waals surface area contributed by atoms with Crippen LogP contribution in [-0.2, 0) is 5.54 Å². The van der Waals surface area contributed by atoms with Crippen molar-refractivity contribution >= 4 is 11.0 Å². The maximum absolute atomic E-state index is 4.45. The van der Waals surface area contributed by atoms with E-state index >= 15 is 0 Å². The van der Waals surface area contributed by atoms with Crippen molar-refractivity contribution in [3.8, 4) is 0 Å². The molecular formula is C15H19N5. The summed E-state index contributed by atoms with van der Waals surface area (Å²) in [6.07, 6.45) is 3.49. The van der Waals surface area contributed by atoms with Gasteiger partial charge in [0.05, 0.1) is 28.9 Å². The van der Waals surface area contributed by atoms with Gasteiger partial charge in [0.15, 0.2) is 0 Å². The highest BCUT2D eigenvalue weighted by atomic mass is 15.4. The van der Waals surface area contributed by atoms with Crippen molar-refractivity contribution < 1.29 is 0 Å². The van der Waals surface area contributed by atoms with Gasteiger partial charge in [0.2, 0.25) is 0 Å². The zero-order valence-electron chi connectivity index (χ0n) is 12.3. The molecule has 2 heterocycles. The Morgan fingerprint density at radius 3 is 2.60 bits per heavy atom. The van der Waals surface area contributed by atoms with Crippen molar-refractivity contribution in [3.05, 3.63) is 42.7 Å². The zero-order chi connectivity index (χ0) is 14.3. The van der Waals surface area contributed by atoms with Crippen molar-refractivity contribution in [2.45, 2.75) is 39.3 Å². The molecule has 0 fully saturated rings. The number of nitrogens with zero attached hydrogens (tertiary/aromatic N) is 5. The smallest absolute Gasteiger partial charge is 0.150 e. The molecule has 2 aromatic heterocycles. The first-order valence-corrected chi connectivity index (χ1v) is 6.80. The molecule has 0 saturated heterocycles. The van der Waals surface area contributed by atoms with E-state index in [1.165, 1.54) is 0 Å². The van der Waals surface area contributed by atoms with E-state index in [-0.39, 0.29) is 11.6 Å². The zero-order valence-corrected chi connectivity index (χ0v) is 12.3. The number of aromatic nitrogens is 5. The molecule has 0 saturated carbocycles. The van der Waals surface area contributed by atoms with E-state index in [0.29, 0.717) is 0 Å². The fourth-order valence-corrected chi connectivity index (χ4v) is 2.46. The Morgan fingerprint density at radius 1 is 1.10 bits per heavy atom. The van der Waals surface area contributed by atoms with Crippen LogP contribution in [0.4, 0.5) is 0 Å². The van der Waals surface area contributed by atoms with Crippen LogP contribution in [-0.4, -0.2) is 24.3 Å². The van der Waals surface area contributed by atoms with Gasteiger partial charge >= 0.3 is 0 Å². The molecular weight excluding hydrogens is 250 g/mol. The standard InChI is InChI=1S/C15H19N5/c1-11(14-16-9-18-20(14)15(2,3)4)19-10-17-12-7-5-6-8-13(12)19/h5-11H,1-4H3. The first-order valence-electron chi connectivity index (χ1n) is 6.80. The topological polar surface area (TPSA) is 48.5 Å². The predicted octanol–water partition coefficient (Wildman–Crippen LogP) is 2.99. The maximum Gasteiger partial charge on any atom is 0.150 e. The van der Waals surface area contributed by atoms with Crippen LogP contribution in [0.15, 0.2) is 36.9 Å². The minimum Gasteiger partial charge on any atom is -0.320 e. The maximum atomic E-state index is 4.45. The Morgan fingerprint density at radius 2 is 1.85 bits per heavy atom. The molecule has 5 nitrogen and oxygen atoms in total. The first kappa shape index (κ1) is 12.8. The van der Waals surface area contributed by atoms with Crippen LogP contribution in [0.3, 0.4) is 0 Å². The molecule has 0 N–H and O–H groups in total. The molecule has 0 aliphatic carbocycles. The van der Waals surface area contributed by atoms with Crippen molar-refractivity contribution in [1.82, 2.24) is 24.3 Å². The van der Waals surface area contributed by atoms with E-state index in [4.69, 9.17) is 0 Å². The number of hydrogen-bond donors (Lipinski definition) is 0. The van der Waals surface area contributed by atoms with Gasteiger partial charge in [-0.05, 0) is 39.8 Å². The number of imidazole rings is 1. The normalized spacial score (nSPS) is 13.8. The summed E-state index contributed by atoms with van der Waals surface area (Å²) in [7, 11) is 0. The summed E-state index contributed by atoms with van der Waals surface area (Å²) >= 11 is 0. The molecule has 104 valence electrons. The van der Waals surface area contributed by atoms with Crippen LogP contribution in [0.1, 0.15) is 39.6 Å². The third-order valence-electron chi connectivity index (χ3n) is 3.48. The largest absolute Gasteiger partial charge is 0.320 e. The fraction of sp³-hybridized carbons (Fsp3) is 0.400. The lowest BCUT2D eigenvalue weighted by atomic mass is 10.1. The Labute approximate surface area is 118 Å². The molecule has 0 aliphatic heterocycles. The van der Waals surface area contributed by atoms with Crippen LogP contribution < -0.4 is 0 Å². The Hall–Kier alpha value is -2.17. The minimum atomic E-state index is -0.0868. The second kappa shape index (κ2) is 4.44. The van der Waals surface area contributed by atoms with E-state index in [9.17, 15) is 0 Å². The van der Waals surface area contributed by atoms with Crippen molar-refractivity contribution in [1.29, 1.82) is 0 Å². The van der Waals surface area contributed by atoms with E-state index < -0.39 is 0 Å². The third-order valence-corrected chi connectivity index (χ3v) is 3.48. The van der Waals surface area contributed by atoms with E-state index in [0.717, 1.165) is 16.9 Å². The van der Waals surface area contributed by atoms with Gasteiger partial charge < -0.3 is 4.57 Å². The summed E-state index contributed by atoms with van der Waals surface area (Å²) in [5.74, 6) is 0.945. The Bertz CT molecular complexity index is 732. The molecule has 0 aliphatic rings. The van der Waals surface area contributed by atoms with Crippen LogP contribution >= 0.6 is 0 Å². The summed E-state index contributed by atoms with van der Waals surface area (Å²) in [5, 5.41) is 4.37. The van der Waals surface area contributed by atoms with Gasteiger partial charge in [0.1, 0.15) is 12.2 Å². The third kappa shape index (κ3) is 1.99. The number of rotatable bonds is 2. The van der Waals surface area contributed by atoms with Crippen LogP contribution in [0, 0.1) is 0 Å². The van der Waals surface area contributed by atoms with Crippen LogP contribution in [0.5, 0.6) is 0 Å². The molecule has 1 atom stereocenters. The molecule has 3 rings (SSSR count). The highest BCUT2D eigenvalue weighted by molar-refractivity contribution is 5.75. The first-order chi connectivity index (χ1) is 9.48. The summed E-state index contributed by atoms with van der Waals surface area (Å²) in [6, 6.07) is 8.22. The number of benzene rings is 1. The van der Waals surface area contributed by atoms with Gasteiger partial charge in [-0.15, -0.1) is 0 Å². The van der Waals surface area contributed by atoms with Gasteiger partial charge in [-0.25, -0.2) is 14.6 Å². The SMILES string of the molecule is CC(c1ncnn1C(C)(C)C)n1cnc2ccccc21. The van der Waals surface area contributed by atoms with Gasteiger partial charge in [-0.1, -0.05) is 12.1 Å². The lowest BCUT2D eigenvalue weighted by Crippen LogP contribution is -2.27. The quantitative estimate of drug-likeness (QED) is 0.718. The molecule has 1 aromatic carbocycles. The highest BCUT2D eigenvalue weighted by Gasteiger charge is 2.23. The van der Waals surface area contributed by atoms with Gasteiger partial charge in [0, 0.05) is 0 Å². The van der Waals surface area contributed by atoms with Crippen LogP contribution in [0.2, 0.25) is 0 Å².